The molecule has 2 aromatic heterocycles. The Bertz CT molecular complexity index is 1100. The highest BCUT2D eigenvalue weighted by atomic mass is 31.1. The molecule has 0 saturated heterocycles. The topological polar surface area (TPSA) is 100 Å². The van der Waals surface area contributed by atoms with E-state index in [1.165, 1.54) is 6.20 Å². The average Bonchev–Trinajstić information content (AvgIpc) is 3.09. The van der Waals surface area contributed by atoms with Crippen molar-refractivity contribution in [1.29, 1.82) is 0 Å². The second-order valence-corrected chi connectivity index (χ2v) is 8.19. The van der Waals surface area contributed by atoms with Crippen LogP contribution in [0.25, 0.3) is 10.9 Å². The second kappa shape index (κ2) is 8.81. The smallest absolute Gasteiger partial charge is 0.327 e. The lowest BCUT2D eigenvalue weighted by Crippen LogP contribution is -2.25. The molecule has 0 aliphatic heterocycles. The number of nitrogens with zero attached hydrogens (tertiary/aromatic N) is 3. The minimum Gasteiger partial charge on any atom is -0.497 e. The first-order valence-corrected chi connectivity index (χ1v) is 9.99. The molecule has 1 aromatic carbocycles. The minimum atomic E-state index is -0.535. The van der Waals surface area contributed by atoms with Gasteiger partial charge < -0.3 is 4.74 Å². The number of methoxy groups -OCH3 is 1. The van der Waals surface area contributed by atoms with Crippen LogP contribution in [0.5, 0.6) is 5.75 Å². The number of carbonyl (C=O) groups is 2. The summed E-state index contributed by atoms with van der Waals surface area (Å²) in [6, 6.07) is 8.51. The molecule has 0 aliphatic carbocycles. The van der Waals surface area contributed by atoms with E-state index >= 15 is 0 Å². The van der Waals surface area contributed by atoms with Crippen molar-refractivity contribution in [3.05, 3.63) is 53.5 Å². The van der Waals surface area contributed by atoms with Gasteiger partial charge in [0.05, 0.1) is 18.3 Å². The largest absolute Gasteiger partial charge is 0.497 e. The summed E-state index contributed by atoms with van der Waals surface area (Å²) in [6.45, 7) is 5.65. The Balaban J connectivity index is 2.01. The van der Waals surface area contributed by atoms with Crippen molar-refractivity contribution in [2.24, 2.45) is 5.41 Å². The molecular formula is C21H22N3O5P. The zero-order chi connectivity index (χ0) is 21.9. The Labute approximate surface area is 175 Å². The maximum Gasteiger partial charge on any atom is 0.327 e. The Kier molecular flexibility index (Phi) is 6.39. The molecule has 0 amide bonds. The molecule has 0 fully saturated rings. The van der Waals surface area contributed by atoms with E-state index in [4.69, 9.17) is 9.26 Å². The third kappa shape index (κ3) is 4.61. The molecule has 0 bridgehead atoms. The molecule has 0 spiro atoms. The van der Waals surface area contributed by atoms with Crippen LogP contribution in [0, 0.1) is 5.41 Å². The second-order valence-electron chi connectivity index (χ2n) is 7.78. The number of Topliss-reactive ketones (excluding diaryl/α,β-unsaturated/α-hetero) is 1. The number of carbonyl (C=O) groups excluding carboxylic acids is 2. The number of fused-ring (bicyclic) bond motifs is 1. The first kappa shape index (κ1) is 21.7. The van der Waals surface area contributed by atoms with Crippen LogP contribution in [0.4, 0.5) is 0 Å². The van der Waals surface area contributed by atoms with Crippen LogP contribution in [-0.2, 0) is 27.0 Å². The van der Waals surface area contributed by atoms with Gasteiger partial charge in [-0.1, -0.05) is 20.8 Å². The third-order valence-electron chi connectivity index (χ3n) is 4.66. The number of aromatic nitrogens is 3. The highest BCUT2D eigenvalue weighted by molar-refractivity contribution is 7.17. The van der Waals surface area contributed by atoms with Crippen molar-refractivity contribution in [1.82, 2.24) is 14.8 Å². The predicted molar refractivity (Wildman–Crippen MR) is 111 cm³/mol. The minimum absolute atomic E-state index is 0.00241. The van der Waals surface area contributed by atoms with E-state index in [1.807, 2.05) is 20.8 Å². The summed E-state index contributed by atoms with van der Waals surface area (Å²) < 4.78 is 22.0. The summed E-state index contributed by atoms with van der Waals surface area (Å²) in [5.41, 5.74) is 1.24. The van der Waals surface area contributed by atoms with Crippen LogP contribution < -0.4 is 4.74 Å². The van der Waals surface area contributed by atoms with Gasteiger partial charge in [0.2, 0.25) is 5.78 Å². The molecule has 156 valence electrons. The van der Waals surface area contributed by atoms with Crippen molar-refractivity contribution in [2.45, 2.75) is 33.9 Å². The Hall–Kier alpha value is -2.96. The number of ether oxygens (including phenoxy) is 1. The first-order chi connectivity index (χ1) is 14.2. The molecule has 0 N–H and O–H groups in total. The number of hydrogen-bond donors (Lipinski definition) is 0. The van der Waals surface area contributed by atoms with E-state index < -0.39 is 14.1 Å². The zero-order valence-electron chi connectivity index (χ0n) is 17.2. The monoisotopic (exact) mass is 427 g/mol. The van der Waals surface area contributed by atoms with Gasteiger partial charge in [-0.25, -0.2) is 4.57 Å². The molecule has 9 heteroatoms. The number of benzene rings is 1. The van der Waals surface area contributed by atoms with E-state index in [2.05, 4.69) is 10.1 Å². The van der Waals surface area contributed by atoms with Gasteiger partial charge in [0, 0.05) is 28.6 Å². The lowest BCUT2D eigenvalue weighted by Gasteiger charge is -2.16. The maximum atomic E-state index is 13.1. The number of ketones is 2. The van der Waals surface area contributed by atoms with Crippen LogP contribution >= 0.6 is 8.69 Å². The molecular weight excluding hydrogens is 405 g/mol. The molecule has 3 aromatic rings. The summed E-state index contributed by atoms with van der Waals surface area (Å²) in [4.78, 5) is 29.9. The maximum absolute atomic E-state index is 13.1. The van der Waals surface area contributed by atoms with Crippen molar-refractivity contribution in [2.75, 3.05) is 7.11 Å². The summed E-state index contributed by atoms with van der Waals surface area (Å²) in [6.07, 6.45) is 1.43. The standard InChI is InChI=1S/C21H22N3O5P/c1-21(2,3)18(25)11-24-17-9-15(28-4)7-8-16(17)19(23-24)20(26)13-5-6-14(22-10-13)12-29-30-27/h5-10H,11-12H2,1-4H3. The molecule has 2 heterocycles. The number of hydrogen-bond acceptors (Lipinski definition) is 7. The zero-order valence-corrected chi connectivity index (χ0v) is 18.1. The predicted octanol–water partition coefficient (Wildman–Crippen LogP) is 4.01. The number of pyridine rings is 1. The van der Waals surface area contributed by atoms with Crippen molar-refractivity contribution >= 4 is 31.2 Å². The van der Waals surface area contributed by atoms with E-state index in [0.717, 1.165) is 0 Å². The molecule has 0 unspecified atom stereocenters. The normalized spacial score (nSPS) is 11.7. The number of rotatable bonds is 8. The van der Waals surface area contributed by atoms with Gasteiger partial charge in [-0.05, 0) is 24.3 Å². The fourth-order valence-corrected chi connectivity index (χ4v) is 3.00. The van der Waals surface area contributed by atoms with Gasteiger partial charge in [0.15, 0.2) is 5.78 Å². The molecule has 30 heavy (non-hydrogen) atoms. The Morgan fingerprint density at radius 1 is 1.17 bits per heavy atom. The highest BCUT2D eigenvalue weighted by Crippen LogP contribution is 2.27. The van der Waals surface area contributed by atoms with Gasteiger partial charge >= 0.3 is 8.69 Å². The van der Waals surface area contributed by atoms with Gasteiger partial charge in [-0.15, -0.1) is 0 Å². The summed E-state index contributed by atoms with van der Waals surface area (Å²) in [5.74, 6) is 0.293. The van der Waals surface area contributed by atoms with Crippen molar-refractivity contribution in [3.8, 4) is 5.75 Å². The lowest BCUT2D eigenvalue weighted by atomic mass is 9.91. The Morgan fingerprint density at radius 3 is 2.53 bits per heavy atom. The van der Waals surface area contributed by atoms with E-state index in [-0.39, 0.29) is 30.4 Å². The molecule has 0 saturated carbocycles. The summed E-state index contributed by atoms with van der Waals surface area (Å²) >= 11 is 0. The van der Waals surface area contributed by atoms with E-state index in [9.17, 15) is 14.2 Å². The summed E-state index contributed by atoms with van der Waals surface area (Å²) in [7, 11) is 1.12. The third-order valence-corrected chi connectivity index (χ3v) is 4.89. The molecule has 0 aliphatic rings. The Morgan fingerprint density at radius 2 is 1.93 bits per heavy atom. The van der Waals surface area contributed by atoms with Gasteiger partial charge in [0.25, 0.3) is 0 Å². The summed E-state index contributed by atoms with van der Waals surface area (Å²) in [5, 5.41) is 5.09. The van der Waals surface area contributed by atoms with Crippen LogP contribution in [0.2, 0.25) is 0 Å². The molecule has 8 nitrogen and oxygen atoms in total. The van der Waals surface area contributed by atoms with Gasteiger partial charge in [0.1, 0.15) is 24.6 Å². The van der Waals surface area contributed by atoms with Gasteiger partial charge in [-0.3, -0.25) is 23.8 Å². The highest BCUT2D eigenvalue weighted by Gasteiger charge is 2.25. The average molecular weight is 427 g/mol. The lowest BCUT2D eigenvalue weighted by molar-refractivity contribution is -0.127. The van der Waals surface area contributed by atoms with Crippen LogP contribution in [0.15, 0.2) is 36.5 Å². The fraction of sp³-hybridized carbons (Fsp3) is 0.333. The van der Waals surface area contributed by atoms with Crippen molar-refractivity contribution in [3.63, 3.8) is 0 Å². The first-order valence-electron chi connectivity index (χ1n) is 9.26. The van der Waals surface area contributed by atoms with Gasteiger partial charge in [-0.2, -0.15) is 5.10 Å². The van der Waals surface area contributed by atoms with Crippen LogP contribution in [-0.4, -0.2) is 33.4 Å². The molecule has 0 radical (unpaired) electrons. The van der Waals surface area contributed by atoms with E-state index in [0.29, 0.717) is 27.9 Å². The van der Waals surface area contributed by atoms with E-state index in [1.54, 1.807) is 42.1 Å². The molecule has 0 atom stereocenters. The van der Waals surface area contributed by atoms with Crippen LogP contribution in [0.1, 0.15) is 42.5 Å². The SMILES string of the molecule is COc1ccc2c(C(=O)c3ccc(COP=O)nc3)nn(CC(=O)C(C)(C)C)c2c1. The fourth-order valence-electron chi connectivity index (χ4n) is 2.82. The quantitative estimate of drug-likeness (QED) is 0.395. The molecule has 3 rings (SSSR count). The van der Waals surface area contributed by atoms with Crippen LogP contribution in [0.3, 0.4) is 0 Å². The van der Waals surface area contributed by atoms with Crippen molar-refractivity contribution < 1.29 is 23.4 Å².